The molecule has 0 aromatic rings. The summed E-state index contributed by atoms with van der Waals surface area (Å²) in [5.41, 5.74) is 0. The molecule has 1 unspecified atom stereocenters. The number of hydrogen-bond acceptors (Lipinski definition) is 9. The van der Waals surface area contributed by atoms with Gasteiger partial charge in [-0.3, -0.25) is 18.6 Å². The molecular formula is C42H81O10P. The number of carbonyl (C=O) groups excluding carboxylic acids is 2. The second kappa shape index (κ2) is 39.0. The molecule has 10 nitrogen and oxygen atoms in total. The van der Waals surface area contributed by atoms with Crippen LogP contribution in [0, 0.1) is 0 Å². The van der Waals surface area contributed by atoms with Crippen molar-refractivity contribution in [3.63, 3.8) is 0 Å². The van der Waals surface area contributed by atoms with Crippen molar-refractivity contribution in [1.29, 1.82) is 0 Å². The molecule has 0 saturated heterocycles. The minimum Gasteiger partial charge on any atom is -0.462 e. The van der Waals surface area contributed by atoms with Gasteiger partial charge in [0.15, 0.2) is 6.10 Å². The number of hydrogen-bond donors (Lipinski definition) is 3. The first-order valence-electron chi connectivity index (χ1n) is 21.6. The summed E-state index contributed by atoms with van der Waals surface area (Å²) in [5, 5.41) is 18.3. The number of phosphoric ester groups is 1. The molecule has 314 valence electrons. The van der Waals surface area contributed by atoms with Crippen molar-refractivity contribution in [2.45, 2.75) is 219 Å². The summed E-state index contributed by atoms with van der Waals surface area (Å²) in [6.07, 6.45) is 36.0. The Morgan fingerprint density at radius 1 is 0.547 bits per heavy atom. The van der Waals surface area contributed by atoms with E-state index in [9.17, 15) is 24.2 Å². The highest BCUT2D eigenvalue weighted by atomic mass is 31.2. The fourth-order valence-electron chi connectivity index (χ4n) is 6.05. The summed E-state index contributed by atoms with van der Waals surface area (Å²) in [4.78, 5) is 34.9. The van der Waals surface area contributed by atoms with E-state index in [-0.39, 0.29) is 19.4 Å². The Labute approximate surface area is 324 Å². The van der Waals surface area contributed by atoms with Gasteiger partial charge in [-0.1, -0.05) is 167 Å². The van der Waals surface area contributed by atoms with Crippen molar-refractivity contribution in [1.82, 2.24) is 0 Å². The monoisotopic (exact) mass is 777 g/mol. The summed E-state index contributed by atoms with van der Waals surface area (Å²) in [6, 6.07) is 0. The van der Waals surface area contributed by atoms with Crippen LogP contribution in [0.3, 0.4) is 0 Å². The SMILES string of the molecule is CCCCCCCC/C=C/CCCCCCCCCC(=O)OC[C@H](COP(=O)(O)OC[C@@H](O)CO)OC(=O)CCCCCCCCCCCCCCC. The maximum atomic E-state index is 12.6. The number of ether oxygens (including phenoxy) is 2. The van der Waals surface area contributed by atoms with Crippen LogP contribution in [0.25, 0.3) is 0 Å². The van der Waals surface area contributed by atoms with Crippen LogP contribution in [0.2, 0.25) is 0 Å². The number of esters is 2. The molecule has 0 radical (unpaired) electrons. The highest BCUT2D eigenvalue weighted by Gasteiger charge is 2.27. The van der Waals surface area contributed by atoms with Crippen molar-refractivity contribution >= 4 is 19.8 Å². The van der Waals surface area contributed by atoms with Gasteiger partial charge in [-0.2, -0.15) is 0 Å². The zero-order valence-corrected chi connectivity index (χ0v) is 34.9. The number of rotatable bonds is 41. The van der Waals surface area contributed by atoms with Crippen LogP contribution in [0.4, 0.5) is 0 Å². The summed E-state index contributed by atoms with van der Waals surface area (Å²) in [7, 11) is -4.61. The van der Waals surface area contributed by atoms with E-state index >= 15 is 0 Å². The zero-order chi connectivity index (χ0) is 39.1. The second-order valence-electron chi connectivity index (χ2n) is 14.7. The minimum atomic E-state index is -4.61. The van der Waals surface area contributed by atoms with E-state index in [0.717, 1.165) is 44.9 Å². The summed E-state index contributed by atoms with van der Waals surface area (Å²) >= 11 is 0. The topological polar surface area (TPSA) is 149 Å². The van der Waals surface area contributed by atoms with Gasteiger partial charge in [-0.15, -0.1) is 0 Å². The van der Waals surface area contributed by atoms with Crippen LogP contribution in [-0.2, 0) is 32.7 Å². The average molecular weight is 777 g/mol. The van der Waals surface area contributed by atoms with Crippen LogP contribution in [-0.4, -0.2) is 65.7 Å². The quantitative estimate of drug-likeness (QED) is 0.0237. The third-order valence-electron chi connectivity index (χ3n) is 9.42. The van der Waals surface area contributed by atoms with E-state index in [0.29, 0.717) is 12.8 Å². The van der Waals surface area contributed by atoms with Crippen LogP contribution in [0.15, 0.2) is 12.2 Å². The summed E-state index contributed by atoms with van der Waals surface area (Å²) in [6.45, 7) is 2.39. The van der Waals surface area contributed by atoms with E-state index in [4.69, 9.17) is 19.1 Å². The summed E-state index contributed by atoms with van der Waals surface area (Å²) in [5.74, 6) is -0.920. The van der Waals surface area contributed by atoms with Crippen LogP contribution in [0.5, 0.6) is 0 Å². The molecule has 0 fully saturated rings. The Morgan fingerprint density at radius 3 is 1.36 bits per heavy atom. The molecule has 11 heteroatoms. The normalized spacial score (nSPS) is 14.0. The molecule has 0 heterocycles. The predicted octanol–water partition coefficient (Wildman–Crippen LogP) is 11.2. The Kier molecular flexibility index (Phi) is 38.0. The van der Waals surface area contributed by atoms with Crippen LogP contribution >= 0.6 is 7.82 Å². The standard InChI is InChI=1S/C42H81O10P/c1-3-5-7-9-11-13-15-17-18-19-20-22-23-25-27-29-31-33-41(45)49-37-40(38-51-53(47,48)50-36-39(44)35-43)52-42(46)34-32-30-28-26-24-21-16-14-12-10-8-6-4-2/h17-18,39-40,43-44H,3-16,19-38H2,1-2H3,(H,47,48)/b18-17+/t39-,40+/m0/s1. The molecule has 0 rings (SSSR count). The Morgan fingerprint density at radius 2 is 0.925 bits per heavy atom. The van der Waals surface area contributed by atoms with Gasteiger partial charge < -0.3 is 24.6 Å². The van der Waals surface area contributed by atoms with Crippen LogP contribution in [0.1, 0.15) is 206 Å². The first-order valence-corrected chi connectivity index (χ1v) is 23.1. The molecule has 0 aliphatic rings. The van der Waals surface area contributed by atoms with Crippen molar-refractivity contribution < 1.29 is 47.8 Å². The van der Waals surface area contributed by atoms with Gasteiger partial charge in [0.05, 0.1) is 19.8 Å². The smallest absolute Gasteiger partial charge is 0.462 e. The number of aliphatic hydroxyl groups is 2. The average Bonchev–Trinajstić information content (AvgIpc) is 3.14. The largest absolute Gasteiger partial charge is 0.472 e. The molecule has 53 heavy (non-hydrogen) atoms. The Balaban J connectivity index is 4.26. The molecule has 3 N–H and O–H groups in total. The van der Waals surface area contributed by atoms with E-state index in [1.54, 1.807) is 0 Å². The van der Waals surface area contributed by atoms with Gasteiger partial charge >= 0.3 is 19.8 Å². The highest BCUT2D eigenvalue weighted by molar-refractivity contribution is 7.47. The lowest BCUT2D eigenvalue weighted by Gasteiger charge is -2.20. The van der Waals surface area contributed by atoms with E-state index < -0.39 is 51.8 Å². The molecule has 0 saturated carbocycles. The third-order valence-corrected chi connectivity index (χ3v) is 10.4. The number of aliphatic hydroxyl groups excluding tert-OH is 2. The van der Waals surface area contributed by atoms with Gasteiger partial charge in [0.25, 0.3) is 0 Å². The van der Waals surface area contributed by atoms with E-state index in [1.807, 2.05) is 0 Å². The molecule has 0 aliphatic carbocycles. The van der Waals surface area contributed by atoms with E-state index in [1.165, 1.54) is 122 Å². The Bertz CT molecular complexity index is 899. The molecular weight excluding hydrogens is 695 g/mol. The van der Waals surface area contributed by atoms with Gasteiger partial charge in [-0.05, 0) is 38.5 Å². The van der Waals surface area contributed by atoms with Crippen molar-refractivity contribution in [2.24, 2.45) is 0 Å². The lowest BCUT2D eigenvalue weighted by molar-refractivity contribution is -0.161. The Hall–Kier alpha value is -1.29. The third kappa shape index (κ3) is 38.8. The minimum absolute atomic E-state index is 0.189. The first kappa shape index (κ1) is 51.7. The van der Waals surface area contributed by atoms with Gasteiger partial charge in [-0.25, -0.2) is 4.57 Å². The lowest BCUT2D eigenvalue weighted by Crippen LogP contribution is -2.29. The van der Waals surface area contributed by atoms with Gasteiger partial charge in [0.2, 0.25) is 0 Å². The molecule has 3 atom stereocenters. The van der Waals surface area contributed by atoms with Gasteiger partial charge in [0, 0.05) is 12.8 Å². The molecule has 0 aromatic heterocycles. The lowest BCUT2D eigenvalue weighted by atomic mass is 10.0. The summed E-state index contributed by atoms with van der Waals surface area (Å²) < 4.78 is 32.7. The number of allylic oxidation sites excluding steroid dienone is 2. The number of carbonyl (C=O) groups is 2. The van der Waals surface area contributed by atoms with E-state index in [2.05, 4.69) is 30.5 Å². The van der Waals surface area contributed by atoms with Crippen LogP contribution < -0.4 is 0 Å². The van der Waals surface area contributed by atoms with Gasteiger partial charge in [0.1, 0.15) is 12.7 Å². The molecule has 0 aromatic carbocycles. The molecule has 0 aliphatic heterocycles. The maximum absolute atomic E-state index is 12.6. The van der Waals surface area contributed by atoms with Crippen molar-refractivity contribution in [3.05, 3.63) is 12.2 Å². The van der Waals surface area contributed by atoms with Crippen molar-refractivity contribution in [2.75, 3.05) is 26.4 Å². The molecule has 0 spiro atoms. The zero-order valence-electron chi connectivity index (χ0n) is 34.0. The predicted molar refractivity (Wildman–Crippen MR) is 215 cm³/mol. The van der Waals surface area contributed by atoms with Crippen molar-refractivity contribution in [3.8, 4) is 0 Å². The molecule has 0 bridgehead atoms. The number of phosphoric acid groups is 1. The number of unbranched alkanes of at least 4 members (excludes halogenated alkanes) is 25. The molecule has 0 amide bonds. The first-order chi connectivity index (χ1) is 25.7. The second-order valence-corrected chi connectivity index (χ2v) is 16.2. The highest BCUT2D eigenvalue weighted by Crippen LogP contribution is 2.43. The maximum Gasteiger partial charge on any atom is 0.472 e. The fourth-order valence-corrected chi connectivity index (χ4v) is 6.84. The fraction of sp³-hybridized carbons (Fsp3) is 0.905.